The minimum Gasteiger partial charge on any atom is -0.324 e. The van der Waals surface area contributed by atoms with Gasteiger partial charge in [0.2, 0.25) is 0 Å². The molecule has 5 rings (SSSR count). The van der Waals surface area contributed by atoms with Crippen molar-refractivity contribution in [1.82, 2.24) is 9.27 Å². The van der Waals surface area contributed by atoms with Gasteiger partial charge in [-0.1, -0.05) is 24.3 Å². The third-order valence-electron chi connectivity index (χ3n) is 6.26. The summed E-state index contributed by atoms with van der Waals surface area (Å²) >= 11 is 1.44. The Bertz CT molecular complexity index is 1110. The minimum atomic E-state index is -0.493. The Kier molecular flexibility index (Phi) is 5.65. The summed E-state index contributed by atoms with van der Waals surface area (Å²) in [6.45, 7) is 1.75. The summed E-state index contributed by atoms with van der Waals surface area (Å²) < 4.78 is 18.6. The molecule has 2 aromatic carbocycles. The monoisotopic (exact) mass is 440 g/mol. The van der Waals surface area contributed by atoms with Crippen LogP contribution in [-0.2, 0) is 6.54 Å². The summed E-state index contributed by atoms with van der Waals surface area (Å²) in [7, 11) is 0. The molecular weight excluding hydrogens is 419 g/mol. The maximum atomic E-state index is 14.3. The van der Waals surface area contributed by atoms with Crippen molar-refractivity contribution in [2.75, 3.05) is 6.54 Å². The maximum Gasteiger partial charge on any atom is 0.141 e. The molecule has 154 valence electrons. The molecule has 0 spiro atoms. The van der Waals surface area contributed by atoms with Gasteiger partial charge in [0, 0.05) is 36.4 Å². The summed E-state index contributed by atoms with van der Waals surface area (Å²) in [4.78, 5) is 3.55. The van der Waals surface area contributed by atoms with Crippen LogP contribution in [0.1, 0.15) is 30.4 Å². The second-order valence-corrected chi connectivity index (χ2v) is 9.02. The van der Waals surface area contributed by atoms with Gasteiger partial charge in [-0.3, -0.25) is 4.90 Å². The van der Waals surface area contributed by atoms with E-state index in [0.29, 0.717) is 6.04 Å². The molecule has 1 aliphatic heterocycles. The predicted molar refractivity (Wildman–Crippen MR) is 120 cm³/mol. The number of halogens is 2. The van der Waals surface area contributed by atoms with E-state index in [1.54, 1.807) is 12.3 Å². The zero-order chi connectivity index (χ0) is 20.0. The van der Waals surface area contributed by atoms with Crippen LogP contribution in [0.25, 0.3) is 21.6 Å². The van der Waals surface area contributed by atoms with Gasteiger partial charge in [-0.05, 0) is 65.7 Å². The third kappa shape index (κ3) is 3.63. The van der Waals surface area contributed by atoms with Crippen LogP contribution in [0.5, 0.6) is 0 Å². The SMILES string of the molecule is Cl.N#Cc1ccc(-c2cccc(CN3C[C@]4(N)CC[C@H]3C4)c2-c2ccns2)cc1F. The van der Waals surface area contributed by atoms with Crippen molar-refractivity contribution in [3.63, 3.8) is 0 Å². The summed E-state index contributed by atoms with van der Waals surface area (Å²) in [6, 6.07) is 15.5. The topological polar surface area (TPSA) is 65.9 Å². The molecule has 1 saturated carbocycles. The summed E-state index contributed by atoms with van der Waals surface area (Å²) in [5.74, 6) is -0.493. The van der Waals surface area contributed by atoms with Crippen LogP contribution in [0.3, 0.4) is 0 Å². The number of benzene rings is 2. The van der Waals surface area contributed by atoms with Crippen LogP contribution in [-0.4, -0.2) is 27.4 Å². The summed E-state index contributed by atoms with van der Waals surface area (Å²) in [6.07, 6.45) is 5.14. The number of piperidine rings is 1. The largest absolute Gasteiger partial charge is 0.324 e. The molecule has 7 heteroatoms. The fourth-order valence-corrected chi connectivity index (χ4v) is 5.59. The molecule has 1 aliphatic carbocycles. The van der Waals surface area contributed by atoms with Crippen molar-refractivity contribution in [2.24, 2.45) is 5.73 Å². The van der Waals surface area contributed by atoms with Gasteiger partial charge in [0.1, 0.15) is 11.9 Å². The highest BCUT2D eigenvalue weighted by Gasteiger charge is 2.46. The van der Waals surface area contributed by atoms with E-state index >= 15 is 0 Å². The van der Waals surface area contributed by atoms with Gasteiger partial charge in [0.25, 0.3) is 0 Å². The first kappa shape index (κ1) is 21.0. The quantitative estimate of drug-likeness (QED) is 0.621. The second kappa shape index (κ2) is 8.09. The first-order valence-corrected chi connectivity index (χ1v) is 10.6. The fraction of sp³-hybridized carbons (Fsp3) is 0.304. The lowest BCUT2D eigenvalue weighted by Gasteiger charge is -2.31. The average molecular weight is 441 g/mol. The first-order chi connectivity index (χ1) is 14.1. The molecule has 2 bridgehead atoms. The van der Waals surface area contributed by atoms with Crippen LogP contribution in [0.2, 0.25) is 0 Å². The van der Waals surface area contributed by atoms with Gasteiger partial charge in [-0.25, -0.2) is 8.76 Å². The van der Waals surface area contributed by atoms with Gasteiger partial charge >= 0.3 is 0 Å². The lowest BCUT2D eigenvalue weighted by atomic mass is 9.93. The zero-order valence-corrected chi connectivity index (χ0v) is 18.0. The van der Waals surface area contributed by atoms with E-state index in [1.165, 1.54) is 23.2 Å². The Labute approximate surface area is 185 Å². The first-order valence-electron chi connectivity index (χ1n) is 9.82. The van der Waals surface area contributed by atoms with Crippen LogP contribution in [0.4, 0.5) is 4.39 Å². The van der Waals surface area contributed by atoms with Gasteiger partial charge in [0.05, 0.1) is 10.4 Å². The molecular formula is C23H22ClFN4S. The second-order valence-electron chi connectivity index (χ2n) is 8.19. The molecule has 0 amide bonds. The van der Waals surface area contributed by atoms with E-state index in [2.05, 4.69) is 15.3 Å². The molecule has 30 heavy (non-hydrogen) atoms. The number of aromatic nitrogens is 1. The average Bonchev–Trinajstić information content (AvgIpc) is 3.43. The molecule has 2 atom stereocenters. The maximum absolute atomic E-state index is 14.3. The standard InChI is InChI=1S/C23H21FN4S.ClH/c24-20-10-15(4-5-16(20)12-25)19-3-1-2-17(22(19)21-7-9-27-29-21)13-28-14-23(26)8-6-18(28)11-23;/h1-5,7,9-10,18H,6,8,11,13-14,26H2;1H/t18-,23-;/m0./s1. The van der Waals surface area contributed by atoms with E-state index in [0.717, 1.165) is 53.9 Å². The number of hydrogen-bond donors (Lipinski definition) is 1. The molecule has 2 heterocycles. The number of nitrogens with zero attached hydrogens (tertiary/aromatic N) is 3. The molecule has 2 aliphatic rings. The van der Waals surface area contributed by atoms with Crippen molar-refractivity contribution in [2.45, 2.75) is 37.4 Å². The molecule has 3 aromatic rings. The molecule has 4 nitrogen and oxygen atoms in total. The fourth-order valence-electron chi connectivity index (χ4n) is 4.90. The third-order valence-corrected chi connectivity index (χ3v) is 7.02. The number of nitriles is 1. The molecule has 0 radical (unpaired) electrons. The zero-order valence-electron chi connectivity index (χ0n) is 16.3. The molecule has 0 unspecified atom stereocenters. The number of hydrogen-bond acceptors (Lipinski definition) is 5. The Morgan fingerprint density at radius 2 is 2.17 bits per heavy atom. The van der Waals surface area contributed by atoms with Crippen LogP contribution in [0.15, 0.2) is 48.7 Å². The highest BCUT2D eigenvalue weighted by Crippen LogP contribution is 2.42. The Hall–Kier alpha value is -2.30. The van der Waals surface area contributed by atoms with Gasteiger partial charge in [-0.15, -0.1) is 12.4 Å². The van der Waals surface area contributed by atoms with Gasteiger partial charge in [0.15, 0.2) is 0 Å². The van der Waals surface area contributed by atoms with E-state index in [-0.39, 0.29) is 23.5 Å². The smallest absolute Gasteiger partial charge is 0.141 e. The van der Waals surface area contributed by atoms with Crippen molar-refractivity contribution in [1.29, 1.82) is 5.26 Å². The molecule has 2 N–H and O–H groups in total. The minimum absolute atomic E-state index is 0. The highest BCUT2D eigenvalue weighted by molar-refractivity contribution is 7.09. The van der Waals surface area contributed by atoms with Crippen molar-refractivity contribution < 1.29 is 4.39 Å². The summed E-state index contributed by atoms with van der Waals surface area (Å²) in [5.41, 5.74) is 10.6. The lowest BCUT2D eigenvalue weighted by Crippen LogP contribution is -2.44. The molecule has 1 aromatic heterocycles. The Morgan fingerprint density at radius 3 is 2.80 bits per heavy atom. The van der Waals surface area contributed by atoms with Crippen LogP contribution < -0.4 is 5.73 Å². The summed E-state index contributed by atoms with van der Waals surface area (Å²) in [5, 5.41) is 9.05. The van der Waals surface area contributed by atoms with E-state index < -0.39 is 5.82 Å². The number of likely N-dealkylation sites (tertiary alicyclic amines) is 1. The normalized spacial score (nSPS) is 22.6. The van der Waals surface area contributed by atoms with Crippen molar-refractivity contribution in [3.8, 4) is 27.6 Å². The predicted octanol–water partition coefficient (Wildman–Crippen LogP) is 4.98. The molecule has 2 fully saturated rings. The van der Waals surface area contributed by atoms with E-state index in [9.17, 15) is 4.39 Å². The van der Waals surface area contributed by atoms with Gasteiger partial charge in [-0.2, -0.15) is 5.26 Å². The highest BCUT2D eigenvalue weighted by atomic mass is 35.5. The molecule has 1 saturated heterocycles. The van der Waals surface area contributed by atoms with Crippen LogP contribution >= 0.6 is 23.9 Å². The van der Waals surface area contributed by atoms with Crippen LogP contribution in [0, 0.1) is 17.1 Å². The number of rotatable bonds is 4. The van der Waals surface area contributed by atoms with E-state index in [1.807, 2.05) is 30.3 Å². The Morgan fingerprint density at radius 1 is 1.30 bits per heavy atom. The van der Waals surface area contributed by atoms with E-state index in [4.69, 9.17) is 11.0 Å². The number of fused-ring (bicyclic) bond motifs is 2. The van der Waals surface area contributed by atoms with Gasteiger partial charge < -0.3 is 5.73 Å². The van der Waals surface area contributed by atoms with Crippen molar-refractivity contribution >= 4 is 23.9 Å². The number of nitrogens with two attached hydrogens (primary N) is 1. The van der Waals surface area contributed by atoms with Crippen molar-refractivity contribution in [3.05, 3.63) is 65.6 Å². The lowest BCUT2D eigenvalue weighted by molar-refractivity contribution is 0.196. The Balaban J connectivity index is 0.00000218.